The van der Waals surface area contributed by atoms with Gasteiger partial charge in [-0.25, -0.2) is 0 Å². The van der Waals surface area contributed by atoms with Crippen LogP contribution in [0.4, 0.5) is 5.69 Å². The molecule has 1 nitrogen and oxygen atoms in total. The van der Waals surface area contributed by atoms with Crippen molar-refractivity contribution in [3.05, 3.63) is 53.1 Å². The molecule has 1 aliphatic rings. The minimum absolute atomic E-state index is 1.08. The smallest absolute Gasteiger partial charge is 0.191 e. The molecule has 0 aromatic heterocycles. The van der Waals surface area contributed by atoms with Crippen LogP contribution in [0.1, 0.15) is 38.3 Å². The van der Waals surface area contributed by atoms with E-state index in [-0.39, 0.29) is 0 Å². The molecule has 0 unspecified atom stereocenters. The Kier molecular flexibility index (Phi) is 3.21. The summed E-state index contributed by atoms with van der Waals surface area (Å²) in [6.45, 7) is 9.86. The first-order valence-electron chi connectivity index (χ1n) is 7.45. The zero-order valence-electron chi connectivity index (χ0n) is 12.8. The number of allylic oxidation sites excluding steroid dienone is 2. The first kappa shape index (κ1) is 13.1. The summed E-state index contributed by atoms with van der Waals surface area (Å²) in [7, 11) is 0. The minimum Gasteiger partial charge on any atom is -0.191 e. The minimum atomic E-state index is 1.08. The van der Waals surface area contributed by atoms with E-state index in [9.17, 15) is 0 Å². The van der Waals surface area contributed by atoms with Gasteiger partial charge in [0.05, 0.1) is 10.9 Å². The highest BCUT2D eigenvalue weighted by Crippen LogP contribution is 2.37. The summed E-state index contributed by atoms with van der Waals surface area (Å²) in [4.78, 5) is 0. The van der Waals surface area contributed by atoms with Crippen molar-refractivity contribution in [2.24, 2.45) is 0 Å². The molecule has 20 heavy (non-hydrogen) atoms. The lowest BCUT2D eigenvalue weighted by atomic mass is 9.98. The molecule has 2 aromatic rings. The number of hydrogen-bond acceptors (Lipinski definition) is 0. The molecule has 102 valence electrons. The molecule has 0 atom stereocenters. The molecule has 1 heterocycles. The molecule has 0 N–H and O–H groups in total. The van der Waals surface area contributed by atoms with Gasteiger partial charge in [-0.2, -0.15) is 4.58 Å². The van der Waals surface area contributed by atoms with Crippen molar-refractivity contribution in [1.82, 2.24) is 0 Å². The van der Waals surface area contributed by atoms with Gasteiger partial charge in [-0.15, -0.1) is 0 Å². The van der Waals surface area contributed by atoms with Crippen molar-refractivity contribution in [3.63, 3.8) is 0 Å². The standard InChI is InChI=1S/C19H22N/c1-5-11-20-17-10-9-14(4)15-7-6-8-16(19(15)17)18(20)12-13(2)3/h6-10,12H,5,11H2,1-4H3/q+1. The van der Waals surface area contributed by atoms with Crippen LogP contribution in [0, 0.1) is 6.92 Å². The summed E-state index contributed by atoms with van der Waals surface area (Å²) in [6, 6.07) is 11.2. The van der Waals surface area contributed by atoms with Crippen molar-refractivity contribution in [2.75, 3.05) is 6.54 Å². The third-order valence-electron chi connectivity index (χ3n) is 3.97. The predicted octanol–water partition coefficient (Wildman–Crippen LogP) is 4.97. The highest BCUT2D eigenvalue weighted by Gasteiger charge is 2.30. The van der Waals surface area contributed by atoms with Crippen LogP contribution in [0.5, 0.6) is 0 Å². The molecule has 0 saturated carbocycles. The van der Waals surface area contributed by atoms with Crippen LogP contribution in [0.25, 0.3) is 10.8 Å². The Hall–Kier alpha value is -1.89. The van der Waals surface area contributed by atoms with Crippen molar-refractivity contribution in [2.45, 2.75) is 34.1 Å². The van der Waals surface area contributed by atoms with Crippen LogP contribution in [0.3, 0.4) is 0 Å². The maximum atomic E-state index is 2.48. The molecule has 0 saturated heterocycles. The molecule has 0 aliphatic carbocycles. The SMILES string of the molecule is CCC[N+]1=C(C=C(C)C)c2cccc3c(C)ccc1c23. The lowest BCUT2D eigenvalue weighted by Gasteiger charge is -2.02. The average molecular weight is 264 g/mol. The van der Waals surface area contributed by atoms with Crippen molar-refractivity contribution < 1.29 is 4.58 Å². The van der Waals surface area contributed by atoms with Gasteiger partial charge in [-0.05, 0) is 37.8 Å². The topological polar surface area (TPSA) is 3.01 Å². The third kappa shape index (κ3) is 1.89. The van der Waals surface area contributed by atoms with Gasteiger partial charge in [-0.1, -0.05) is 30.7 Å². The fourth-order valence-corrected chi connectivity index (χ4v) is 3.14. The normalized spacial score (nSPS) is 13.2. The molecule has 3 rings (SSSR count). The Morgan fingerprint density at radius 2 is 1.95 bits per heavy atom. The second-order valence-electron chi connectivity index (χ2n) is 5.89. The summed E-state index contributed by atoms with van der Waals surface area (Å²) in [5.74, 6) is 0. The maximum Gasteiger partial charge on any atom is 0.214 e. The molecule has 2 aromatic carbocycles. The molecule has 1 heteroatoms. The van der Waals surface area contributed by atoms with Gasteiger partial charge in [0.2, 0.25) is 11.4 Å². The summed E-state index contributed by atoms with van der Waals surface area (Å²) in [6.07, 6.45) is 3.48. The summed E-state index contributed by atoms with van der Waals surface area (Å²) in [5, 5.41) is 2.81. The van der Waals surface area contributed by atoms with E-state index in [0.29, 0.717) is 0 Å². The van der Waals surface area contributed by atoms with Gasteiger partial charge in [0, 0.05) is 18.6 Å². The molecule has 1 aliphatic heterocycles. The molecule has 0 fully saturated rings. The Labute approximate surface area is 121 Å². The molecule has 0 bridgehead atoms. The van der Waals surface area contributed by atoms with Crippen molar-refractivity contribution >= 4 is 22.2 Å². The Morgan fingerprint density at radius 1 is 1.15 bits per heavy atom. The van der Waals surface area contributed by atoms with E-state index < -0.39 is 0 Å². The van der Waals surface area contributed by atoms with Gasteiger partial charge < -0.3 is 0 Å². The average Bonchev–Trinajstić information content (AvgIpc) is 2.70. The van der Waals surface area contributed by atoms with Gasteiger partial charge in [0.15, 0.2) is 0 Å². The van der Waals surface area contributed by atoms with Gasteiger partial charge in [0.1, 0.15) is 6.54 Å². The van der Waals surface area contributed by atoms with Gasteiger partial charge in [0.25, 0.3) is 0 Å². The van der Waals surface area contributed by atoms with E-state index in [1.54, 1.807) is 0 Å². The predicted molar refractivity (Wildman–Crippen MR) is 87.3 cm³/mol. The van der Waals surface area contributed by atoms with E-state index in [1.165, 1.54) is 38.9 Å². The van der Waals surface area contributed by atoms with E-state index >= 15 is 0 Å². The van der Waals surface area contributed by atoms with E-state index in [2.05, 4.69) is 68.7 Å². The number of hydrogen-bond donors (Lipinski definition) is 0. The molecule has 0 spiro atoms. The molecule has 0 radical (unpaired) electrons. The van der Waals surface area contributed by atoms with Crippen molar-refractivity contribution in [1.29, 1.82) is 0 Å². The molecular formula is C19H22N+. The van der Waals surface area contributed by atoms with E-state index in [0.717, 1.165) is 13.0 Å². The van der Waals surface area contributed by atoms with Gasteiger partial charge >= 0.3 is 0 Å². The van der Waals surface area contributed by atoms with Crippen LogP contribution in [-0.2, 0) is 0 Å². The lowest BCUT2D eigenvalue weighted by molar-refractivity contribution is -0.435. The third-order valence-corrected chi connectivity index (χ3v) is 3.97. The fourth-order valence-electron chi connectivity index (χ4n) is 3.14. The molecular weight excluding hydrogens is 242 g/mol. The van der Waals surface area contributed by atoms with Crippen molar-refractivity contribution in [3.8, 4) is 0 Å². The summed E-state index contributed by atoms with van der Waals surface area (Å²) < 4.78 is 2.48. The second-order valence-corrected chi connectivity index (χ2v) is 5.89. The van der Waals surface area contributed by atoms with Crippen LogP contribution in [-0.4, -0.2) is 16.8 Å². The Balaban J connectivity index is 2.37. The Morgan fingerprint density at radius 3 is 2.65 bits per heavy atom. The van der Waals surface area contributed by atoms with Crippen LogP contribution in [0.15, 0.2) is 42.0 Å². The first-order valence-corrected chi connectivity index (χ1v) is 7.45. The number of aryl methyl sites for hydroxylation is 1. The van der Waals surface area contributed by atoms with Crippen LogP contribution < -0.4 is 0 Å². The van der Waals surface area contributed by atoms with E-state index in [1.807, 2.05) is 0 Å². The fraction of sp³-hybridized carbons (Fsp3) is 0.316. The lowest BCUT2D eigenvalue weighted by Crippen LogP contribution is -2.13. The largest absolute Gasteiger partial charge is 0.214 e. The zero-order chi connectivity index (χ0) is 14.3. The van der Waals surface area contributed by atoms with Crippen LogP contribution >= 0.6 is 0 Å². The summed E-state index contributed by atoms with van der Waals surface area (Å²) in [5.41, 5.74) is 6.83. The van der Waals surface area contributed by atoms with E-state index in [4.69, 9.17) is 0 Å². The number of nitrogens with zero attached hydrogens (tertiary/aromatic N) is 1. The highest BCUT2D eigenvalue weighted by molar-refractivity contribution is 6.20. The quantitative estimate of drug-likeness (QED) is 0.688. The van der Waals surface area contributed by atoms with Crippen LogP contribution in [0.2, 0.25) is 0 Å². The molecule has 0 amide bonds. The first-order chi connectivity index (χ1) is 9.63. The monoisotopic (exact) mass is 264 g/mol. The maximum absolute atomic E-state index is 2.48. The second kappa shape index (κ2) is 4.90. The highest BCUT2D eigenvalue weighted by atomic mass is 15.0. The Bertz CT molecular complexity index is 744. The van der Waals surface area contributed by atoms with Gasteiger partial charge in [-0.3, -0.25) is 0 Å². The zero-order valence-corrected chi connectivity index (χ0v) is 12.8. The number of benzene rings is 2. The summed E-state index contributed by atoms with van der Waals surface area (Å²) >= 11 is 0. The number of rotatable bonds is 3.